The fourth-order valence-electron chi connectivity index (χ4n) is 3.96. The van der Waals surface area contributed by atoms with Crippen LogP contribution in [-0.2, 0) is 16.1 Å². The third-order valence-electron chi connectivity index (χ3n) is 5.79. The molecule has 0 spiro atoms. The van der Waals surface area contributed by atoms with E-state index in [0.29, 0.717) is 6.54 Å². The second-order valence-corrected chi connectivity index (χ2v) is 7.89. The summed E-state index contributed by atoms with van der Waals surface area (Å²) in [7, 11) is 0. The third kappa shape index (κ3) is 4.15. The summed E-state index contributed by atoms with van der Waals surface area (Å²) in [6, 6.07) is 12.1. The van der Waals surface area contributed by atoms with Crippen molar-refractivity contribution in [3.05, 3.63) is 53.2 Å². The Kier molecular flexibility index (Phi) is 5.70. The summed E-state index contributed by atoms with van der Waals surface area (Å²) in [5, 5.41) is 11.9. The summed E-state index contributed by atoms with van der Waals surface area (Å²) >= 11 is 0. The van der Waals surface area contributed by atoms with E-state index >= 15 is 0 Å². The SMILES string of the molecule is Cc1c(CN(C=O)CC(=O)N2CCCC2)cccc1Nc1ccc2c(C)[nH]nc2c1. The molecule has 1 fully saturated rings. The Balaban J connectivity index is 1.48. The number of aromatic amines is 1. The molecule has 156 valence electrons. The molecule has 1 aromatic heterocycles. The third-order valence-corrected chi connectivity index (χ3v) is 5.79. The first-order valence-corrected chi connectivity index (χ1v) is 10.3. The topological polar surface area (TPSA) is 81.3 Å². The first-order chi connectivity index (χ1) is 14.5. The van der Waals surface area contributed by atoms with Gasteiger partial charge in [-0.25, -0.2) is 0 Å². The highest BCUT2D eigenvalue weighted by atomic mass is 16.2. The number of hydrogen-bond donors (Lipinski definition) is 2. The molecule has 2 N–H and O–H groups in total. The maximum absolute atomic E-state index is 12.4. The summed E-state index contributed by atoms with van der Waals surface area (Å²) in [6.07, 6.45) is 2.86. The monoisotopic (exact) mass is 405 g/mol. The lowest BCUT2D eigenvalue weighted by molar-refractivity contribution is -0.135. The van der Waals surface area contributed by atoms with Gasteiger partial charge in [0.05, 0.1) is 12.1 Å². The van der Waals surface area contributed by atoms with Gasteiger partial charge >= 0.3 is 0 Å². The van der Waals surface area contributed by atoms with Crippen LogP contribution in [0.3, 0.4) is 0 Å². The van der Waals surface area contributed by atoms with E-state index in [4.69, 9.17) is 0 Å². The molecule has 7 heteroatoms. The number of fused-ring (bicyclic) bond motifs is 1. The van der Waals surface area contributed by atoms with Crippen LogP contribution >= 0.6 is 0 Å². The molecule has 0 unspecified atom stereocenters. The first kappa shape index (κ1) is 19.9. The molecule has 1 aliphatic rings. The zero-order valence-corrected chi connectivity index (χ0v) is 17.4. The number of carbonyl (C=O) groups excluding carboxylic acids is 2. The Morgan fingerprint density at radius 1 is 1.23 bits per heavy atom. The van der Waals surface area contributed by atoms with Gasteiger partial charge in [-0.05, 0) is 62.1 Å². The Morgan fingerprint density at radius 3 is 2.80 bits per heavy atom. The van der Waals surface area contributed by atoms with Gasteiger partial charge in [0, 0.05) is 42.1 Å². The highest BCUT2D eigenvalue weighted by Gasteiger charge is 2.20. The number of hydrogen-bond acceptors (Lipinski definition) is 4. The number of carbonyl (C=O) groups is 2. The molecule has 0 radical (unpaired) electrons. The van der Waals surface area contributed by atoms with Crippen molar-refractivity contribution in [3.8, 4) is 0 Å². The zero-order valence-electron chi connectivity index (χ0n) is 17.4. The average Bonchev–Trinajstić information content (AvgIpc) is 3.41. The molecular formula is C23H27N5O2. The van der Waals surface area contributed by atoms with Gasteiger partial charge in [0.2, 0.25) is 12.3 Å². The van der Waals surface area contributed by atoms with Crippen LogP contribution in [0.1, 0.15) is 29.7 Å². The summed E-state index contributed by atoms with van der Waals surface area (Å²) < 4.78 is 0. The molecule has 0 saturated carbocycles. The molecule has 1 aliphatic heterocycles. The number of aromatic nitrogens is 2. The Hall–Kier alpha value is -3.35. The van der Waals surface area contributed by atoms with Crippen molar-refractivity contribution in [1.29, 1.82) is 0 Å². The van der Waals surface area contributed by atoms with E-state index in [2.05, 4.69) is 15.5 Å². The number of aryl methyl sites for hydroxylation is 1. The fourth-order valence-corrected chi connectivity index (χ4v) is 3.96. The maximum atomic E-state index is 12.4. The Labute approximate surface area is 176 Å². The van der Waals surface area contributed by atoms with E-state index in [1.54, 1.807) is 4.90 Å². The molecule has 0 aliphatic carbocycles. The normalized spacial score (nSPS) is 13.6. The van der Waals surface area contributed by atoms with Crippen LogP contribution in [-0.4, -0.2) is 51.9 Å². The van der Waals surface area contributed by atoms with E-state index in [1.165, 1.54) is 0 Å². The summed E-state index contributed by atoms with van der Waals surface area (Å²) in [4.78, 5) is 27.4. The standard InChI is InChI=1S/C23H27N5O2/c1-16-18(13-27(15-29)14-23(30)28-10-3-4-11-28)6-5-7-21(16)24-19-8-9-20-17(2)25-26-22(20)12-19/h5-9,12,15,24H,3-4,10-11,13-14H2,1-2H3,(H,25,26). The minimum Gasteiger partial charge on any atom is -0.355 e. The smallest absolute Gasteiger partial charge is 0.242 e. The second kappa shape index (κ2) is 8.57. The minimum absolute atomic E-state index is 0.0223. The number of anilines is 2. The van der Waals surface area contributed by atoms with Crippen molar-refractivity contribution in [3.63, 3.8) is 0 Å². The van der Waals surface area contributed by atoms with Crippen LogP contribution in [0.5, 0.6) is 0 Å². The molecule has 0 bridgehead atoms. The van der Waals surface area contributed by atoms with E-state index in [9.17, 15) is 9.59 Å². The van der Waals surface area contributed by atoms with Gasteiger partial charge < -0.3 is 15.1 Å². The summed E-state index contributed by atoms with van der Waals surface area (Å²) in [5.41, 5.74) is 5.95. The van der Waals surface area contributed by atoms with Crippen LogP contribution in [0.25, 0.3) is 10.9 Å². The molecule has 1 saturated heterocycles. The van der Waals surface area contributed by atoms with Crippen molar-refractivity contribution in [2.75, 3.05) is 25.0 Å². The van der Waals surface area contributed by atoms with Crippen molar-refractivity contribution in [1.82, 2.24) is 20.0 Å². The quantitative estimate of drug-likeness (QED) is 0.590. The van der Waals surface area contributed by atoms with Gasteiger partial charge in [-0.15, -0.1) is 0 Å². The van der Waals surface area contributed by atoms with Gasteiger partial charge in [-0.1, -0.05) is 12.1 Å². The van der Waals surface area contributed by atoms with Crippen LogP contribution in [0.15, 0.2) is 36.4 Å². The maximum Gasteiger partial charge on any atom is 0.242 e. The number of likely N-dealkylation sites (tertiary alicyclic amines) is 1. The number of amides is 2. The first-order valence-electron chi connectivity index (χ1n) is 10.3. The number of benzene rings is 2. The van der Waals surface area contributed by atoms with Gasteiger partial charge in [-0.3, -0.25) is 14.7 Å². The molecule has 3 aromatic rings. The van der Waals surface area contributed by atoms with Crippen LogP contribution in [0.2, 0.25) is 0 Å². The van der Waals surface area contributed by atoms with Crippen molar-refractivity contribution >= 4 is 34.6 Å². The lowest BCUT2D eigenvalue weighted by atomic mass is 10.1. The Bertz CT molecular complexity index is 1070. The number of nitrogens with zero attached hydrogens (tertiary/aromatic N) is 3. The number of H-pyrrole nitrogens is 1. The molecule has 4 rings (SSSR count). The Morgan fingerprint density at radius 2 is 2.03 bits per heavy atom. The van der Waals surface area contributed by atoms with Crippen LogP contribution < -0.4 is 5.32 Å². The molecule has 2 aromatic carbocycles. The largest absolute Gasteiger partial charge is 0.355 e. The predicted molar refractivity (Wildman–Crippen MR) is 118 cm³/mol. The zero-order chi connectivity index (χ0) is 21.1. The minimum atomic E-state index is 0.0223. The van der Waals surface area contributed by atoms with E-state index < -0.39 is 0 Å². The van der Waals surface area contributed by atoms with Gasteiger partial charge in [-0.2, -0.15) is 5.10 Å². The molecule has 2 heterocycles. The number of rotatable bonds is 7. The summed E-state index contributed by atoms with van der Waals surface area (Å²) in [5.74, 6) is 0.0223. The highest BCUT2D eigenvalue weighted by Crippen LogP contribution is 2.26. The molecule has 30 heavy (non-hydrogen) atoms. The van der Waals surface area contributed by atoms with Gasteiger partial charge in [0.1, 0.15) is 0 Å². The molecule has 2 amide bonds. The van der Waals surface area contributed by atoms with Gasteiger partial charge in [0.25, 0.3) is 0 Å². The highest BCUT2D eigenvalue weighted by molar-refractivity contribution is 5.85. The molecular weight excluding hydrogens is 378 g/mol. The number of nitrogens with one attached hydrogen (secondary N) is 2. The van der Waals surface area contributed by atoms with Crippen molar-refractivity contribution in [2.24, 2.45) is 0 Å². The van der Waals surface area contributed by atoms with Crippen LogP contribution in [0.4, 0.5) is 11.4 Å². The molecule has 7 nitrogen and oxygen atoms in total. The van der Waals surface area contributed by atoms with E-state index in [0.717, 1.165) is 71.4 Å². The van der Waals surface area contributed by atoms with E-state index in [-0.39, 0.29) is 12.5 Å². The van der Waals surface area contributed by atoms with Crippen molar-refractivity contribution in [2.45, 2.75) is 33.2 Å². The van der Waals surface area contributed by atoms with Crippen molar-refractivity contribution < 1.29 is 9.59 Å². The summed E-state index contributed by atoms with van der Waals surface area (Å²) in [6.45, 7) is 6.15. The lowest BCUT2D eigenvalue weighted by Gasteiger charge is -2.23. The lowest BCUT2D eigenvalue weighted by Crippen LogP contribution is -2.38. The second-order valence-electron chi connectivity index (χ2n) is 7.89. The molecule has 0 atom stereocenters. The van der Waals surface area contributed by atoms with E-state index in [1.807, 2.05) is 55.1 Å². The predicted octanol–water partition coefficient (Wildman–Crippen LogP) is 3.50. The average molecular weight is 406 g/mol. The van der Waals surface area contributed by atoms with Gasteiger partial charge in [0.15, 0.2) is 0 Å². The fraction of sp³-hybridized carbons (Fsp3) is 0.348. The van der Waals surface area contributed by atoms with Crippen LogP contribution in [0, 0.1) is 13.8 Å².